The Bertz CT molecular complexity index is 673. The van der Waals surface area contributed by atoms with E-state index in [9.17, 15) is 27.6 Å². The molecule has 0 spiro atoms. The van der Waals surface area contributed by atoms with Gasteiger partial charge >= 0.3 is 6.18 Å². The lowest BCUT2D eigenvalue weighted by Gasteiger charge is -2.12. The van der Waals surface area contributed by atoms with Crippen LogP contribution in [-0.4, -0.2) is 49.9 Å². The highest BCUT2D eigenvalue weighted by atomic mass is 19.4. The van der Waals surface area contributed by atoms with Gasteiger partial charge in [-0.1, -0.05) is 6.07 Å². The van der Waals surface area contributed by atoms with Crippen molar-refractivity contribution in [1.29, 1.82) is 0 Å². The summed E-state index contributed by atoms with van der Waals surface area (Å²) < 4.78 is 37.9. The number of rotatable bonds is 6. The van der Waals surface area contributed by atoms with E-state index in [-0.39, 0.29) is 24.1 Å². The fraction of sp³-hybridized carbons (Fsp3) is 0.438. The molecule has 10 heteroatoms. The maximum absolute atomic E-state index is 12.6. The highest BCUT2D eigenvalue weighted by Gasteiger charge is 2.30. The second-order valence-electron chi connectivity index (χ2n) is 5.80. The molecule has 0 saturated carbocycles. The van der Waals surface area contributed by atoms with Crippen molar-refractivity contribution in [3.05, 3.63) is 35.4 Å². The van der Waals surface area contributed by atoms with Gasteiger partial charge in [0.1, 0.15) is 0 Å². The molecular weight excluding hydrogens is 353 g/mol. The van der Waals surface area contributed by atoms with E-state index in [1.807, 2.05) is 0 Å². The van der Waals surface area contributed by atoms with Crippen molar-refractivity contribution in [2.75, 3.05) is 26.2 Å². The number of alkyl halides is 3. The van der Waals surface area contributed by atoms with Crippen LogP contribution in [-0.2, 0) is 15.8 Å². The molecule has 1 aromatic carbocycles. The monoisotopic (exact) mass is 372 g/mol. The Morgan fingerprint density at radius 2 is 1.85 bits per heavy atom. The van der Waals surface area contributed by atoms with Crippen LogP contribution in [0.2, 0.25) is 0 Å². The zero-order chi connectivity index (χ0) is 19.2. The van der Waals surface area contributed by atoms with E-state index in [4.69, 9.17) is 0 Å². The lowest BCUT2D eigenvalue weighted by Crippen LogP contribution is -2.45. The second-order valence-corrected chi connectivity index (χ2v) is 5.80. The maximum Gasteiger partial charge on any atom is 0.416 e. The SMILES string of the molecule is O=C(CNC(=O)c1cccc(C(F)(F)F)c1)NCC(=O)NC1CCNC1. The Hall–Kier alpha value is -2.62. The van der Waals surface area contributed by atoms with Gasteiger partial charge in [0.15, 0.2) is 0 Å². The van der Waals surface area contributed by atoms with Crippen molar-refractivity contribution in [3.8, 4) is 0 Å². The van der Waals surface area contributed by atoms with Crippen LogP contribution < -0.4 is 21.3 Å². The molecule has 1 aliphatic rings. The van der Waals surface area contributed by atoms with Crippen molar-refractivity contribution in [3.63, 3.8) is 0 Å². The van der Waals surface area contributed by atoms with E-state index in [1.165, 1.54) is 6.07 Å². The zero-order valence-corrected chi connectivity index (χ0v) is 13.8. The molecule has 0 aromatic heterocycles. The Morgan fingerprint density at radius 3 is 2.50 bits per heavy atom. The van der Waals surface area contributed by atoms with Crippen LogP contribution in [0.25, 0.3) is 0 Å². The third-order valence-electron chi connectivity index (χ3n) is 3.73. The highest BCUT2D eigenvalue weighted by Crippen LogP contribution is 2.29. The number of carbonyl (C=O) groups is 3. The molecular formula is C16H19F3N4O3. The summed E-state index contributed by atoms with van der Waals surface area (Å²) in [5.74, 6) is -1.78. The van der Waals surface area contributed by atoms with Gasteiger partial charge < -0.3 is 21.3 Å². The molecule has 1 unspecified atom stereocenters. The topological polar surface area (TPSA) is 99.3 Å². The van der Waals surface area contributed by atoms with Crippen LogP contribution in [0.5, 0.6) is 0 Å². The third kappa shape index (κ3) is 6.03. The maximum atomic E-state index is 12.6. The molecule has 1 atom stereocenters. The highest BCUT2D eigenvalue weighted by molar-refractivity contribution is 5.97. The van der Waals surface area contributed by atoms with Gasteiger partial charge in [0, 0.05) is 18.2 Å². The molecule has 142 valence electrons. The molecule has 1 heterocycles. The smallest absolute Gasteiger partial charge is 0.351 e. The summed E-state index contributed by atoms with van der Waals surface area (Å²) in [4.78, 5) is 35.1. The normalized spacial score (nSPS) is 16.8. The van der Waals surface area contributed by atoms with Crippen LogP contribution in [0, 0.1) is 0 Å². The number of amides is 3. The first-order valence-corrected chi connectivity index (χ1v) is 7.98. The Labute approximate surface area is 147 Å². The largest absolute Gasteiger partial charge is 0.416 e. The predicted octanol–water partition coefficient (Wildman–Crippen LogP) is 0.0295. The average Bonchev–Trinajstić information content (AvgIpc) is 3.10. The molecule has 0 aliphatic carbocycles. The number of nitrogens with one attached hydrogen (secondary N) is 4. The lowest BCUT2D eigenvalue weighted by molar-refractivity contribution is -0.137. The van der Waals surface area contributed by atoms with Gasteiger partial charge in [-0.3, -0.25) is 14.4 Å². The van der Waals surface area contributed by atoms with E-state index in [0.29, 0.717) is 12.6 Å². The zero-order valence-electron chi connectivity index (χ0n) is 13.8. The van der Waals surface area contributed by atoms with Crippen LogP contribution in [0.15, 0.2) is 24.3 Å². The molecule has 0 bridgehead atoms. The molecule has 4 N–H and O–H groups in total. The predicted molar refractivity (Wildman–Crippen MR) is 86.2 cm³/mol. The summed E-state index contributed by atoms with van der Waals surface area (Å²) >= 11 is 0. The minimum absolute atomic E-state index is 0.0278. The van der Waals surface area contributed by atoms with Crippen molar-refractivity contribution in [2.45, 2.75) is 18.6 Å². The molecule has 1 saturated heterocycles. The van der Waals surface area contributed by atoms with E-state index in [1.54, 1.807) is 0 Å². The number of hydrogen-bond acceptors (Lipinski definition) is 4. The summed E-state index contributed by atoms with van der Waals surface area (Å²) in [6.07, 6.45) is -3.75. The average molecular weight is 372 g/mol. The standard InChI is InChI=1S/C16H19F3N4O3/c17-16(18,19)11-3-1-2-10(6-11)15(26)22-8-13(24)21-9-14(25)23-12-4-5-20-7-12/h1-3,6,12,20H,4-5,7-9H2,(H,21,24)(H,22,26)(H,23,25). The molecule has 7 nitrogen and oxygen atoms in total. The van der Waals surface area contributed by atoms with Crippen molar-refractivity contribution >= 4 is 17.7 Å². The third-order valence-corrected chi connectivity index (χ3v) is 3.73. The summed E-state index contributed by atoms with van der Waals surface area (Å²) in [6.45, 7) is 0.799. The molecule has 1 aliphatic heterocycles. The minimum Gasteiger partial charge on any atom is -0.351 e. The number of hydrogen-bond donors (Lipinski definition) is 4. The van der Waals surface area contributed by atoms with E-state index >= 15 is 0 Å². The van der Waals surface area contributed by atoms with Gasteiger partial charge in [0.2, 0.25) is 11.8 Å². The summed E-state index contributed by atoms with van der Waals surface area (Å²) in [7, 11) is 0. The molecule has 26 heavy (non-hydrogen) atoms. The van der Waals surface area contributed by atoms with E-state index < -0.39 is 30.1 Å². The number of benzene rings is 1. The van der Waals surface area contributed by atoms with E-state index in [0.717, 1.165) is 25.1 Å². The van der Waals surface area contributed by atoms with Crippen LogP contribution in [0.1, 0.15) is 22.3 Å². The fourth-order valence-corrected chi connectivity index (χ4v) is 2.40. The molecule has 2 rings (SSSR count). The van der Waals surface area contributed by atoms with Crippen molar-refractivity contribution in [2.24, 2.45) is 0 Å². The van der Waals surface area contributed by atoms with Crippen LogP contribution >= 0.6 is 0 Å². The van der Waals surface area contributed by atoms with Crippen molar-refractivity contribution in [1.82, 2.24) is 21.3 Å². The van der Waals surface area contributed by atoms with Gasteiger partial charge in [-0.2, -0.15) is 13.2 Å². The van der Waals surface area contributed by atoms with Gasteiger partial charge in [-0.15, -0.1) is 0 Å². The molecule has 1 fully saturated rings. The Morgan fingerprint density at radius 1 is 1.12 bits per heavy atom. The minimum atomic E-state index is -4.56. The van der Waals surface area contributed by atoms with Gasteiger partial charge in [0.05, 0.1) is 18.7 Å². The Kier molecular flexibility index (Phi) is 6.56. The fourth-order valence-electron chi connectivity index (χ4n) is 2.40. The first kappa shape index (κ1) is 19.7. The number of halogens is 3. The summed E-state index contributed by atoms with van der Waals surface area (Å²) in [6, 6.07) is 3.91. The molecule has 0 radical (unpaired) electrons. The summed E-state index contributed by atoms with van der Waals surface area (Å²) in [5.41, 5.74) is -1.16. The van der Waals surface area contributed by atoms with Crippen LogP contribution in [0.3, 0.4) is 0 Å². The second kappa shape index (κ2) is 8.65. The van der Waals surface area contributed by atoms with Crippen molar-refractivity contribution < 1.29 is 27.6 Å². The lowest BCUT2D eigenvalue weighted by atomic mass is 10.1. The summed E-state index contributed by atoms with van der Waals surface area (Å²) in [5, 5.41) is 10.4. The number of carbonyl (C=O) groups excluding carboxylic acids is 3. The molecule has 1 aromatic rings. The van der Waals surface area contributed by atoms with Gasteiger partial charge in [-0.05, 0) is 31.2 Å². The molecule has 3 amide bonds. The van der Waals surface area contributed by atoms with Gasteiger partial charge in [-0.25, -0.2) is 0 Å². The van der Waals surface area contributed by atoms with E-state index in [2.05, 4.69) is 21.3 Å². The Balaban J connectivity index is 1.74. The first-order chi connectivity index (χ1) is 12.3. The first-order valence-electron chi connectivity index (χ1n) is 7.98. The quantitative estimate of drug-likeness (QED) is 0.566. The van der Waals surface area contributed by atoms with Gasteiger partial charge in [0.25, 0.3) is 5.91 Å². The van der Waals surface area contributed by atoms with Crippen LogP contribution in [0.4, 0.5) is 13.2 Å².